The van der Waals surface area contributed by atoms with Crippen molar-refractivity contribution in [1.29, 1.82) is 0 Å². The highest BCUT2D eigenvalue weighted by Crippen LogP contribution is 2.42. The zero-order chi connectivity index (χ0) is 23.2. The van der Waals surface area contributed by atoms with Gasteiger partial charge in [0.15, 0.2) is 0 Å². The number of aliphatic carboxylic acids is 1. The third-order valence-corrected chi connectivity index (χ3v) is 6.47. The van der Waals surface area contributed by atoms with E-state index in [1.165, 1.54) is 5.56 Å². The summed E-state index contributed by atoms with van der Waals surface area (Å²) in [4.78, 5) is 25.6. The zero-order valence-corrected chi connectivity index (χ0v) is 18.6. The van der Waals surface area contributed by atoms with E-state index in [1.807, 2.05) is 61.7 Å². The van der Waals surface area contributed by atoms with Gasteiger partial charge in [-0.15, -0.1) is 0 Å². The van der Waals surface area contributed by atoms with Crippen molar-refractivity contribution in [1.82, 2.24) is 15.0 Å². The first-order chi connectivity index (χ1) is 16.6. The molecule has 0 radical (unpaired) electrons. The SMILES string of the molecule is Cc1cc2nc(-c3ccncc3)ccc2c(-c2ccc3c4c(ccnc24)CCO3)c1CC(=O)O. The second-order valence-corrected chi connectivity index (χ2v) is 8.52. The van der Waals surface area contributed by atoms with Crippen LogP contribution >= 0.6 is 0 Å². The van der Waals surface area contributed by atoms with Gasteiger partial charge in [0.25, 0.3) is 0 Å². The van der Waals surface area contributed by atoms with Crippen LogP contribution < -0.4 is 4.74 Å². The average molecular weight is 447 g/mol. The number of nitrogens with zero attached hydrogens (tertiary/aromatic N) is 3. The third-order valence-electron chi connectivity index (χ3n) is 6.47. The monoisotopic (exact) mass is 447 g/mol. The van der Waals surface area contributed by atoms with E-state index in [0.29, 0.717) is 6.61 Å². The number of aryl methyl sites for hydroxylation is 1. The summed E-state index contributed by atoms with van der Waals surface area (Å²) in [5, 5.41) is 11.6. The van der Waals surface area contributed by atoms with Crippen molar-refractivity contribution in [2.24, 2.45) is 0 Å². The minimum absolute atomic E-state index is 0.0807. The number of aromatic nitrogens is 3. The summed E-state index contributed by atoms with van der Waals surface area (Å²) in [6.07, 6.45) is 6.06. The largest absolute Gasteiger partial charge is 0.493 e. The van der Waals surface area contributed by atoms with Crippen molar-refractivity contribution in [2.45, 2.75) is 19.8 Å². The Balaban J connectivity index is 1.68. The van der Waals surface area contributed by atoms with Crippen LogP contribution in [0.2, 0.25) is 0 Å². The molecule has 2 aromatic carbocycles. The van der Waals surface area contributed by atoms with Gasteiger partial charge < -0.3 is 9.84 Å². The van der Waals surface area contributed by atoms with E-state index in [9.17, 15) is 9.90 Å². The molecule has 6 heteroatoms. The Kier molecular flexibility index (Phi) is 4.73. The molecular weight excluding hydrogens is 426 g/mol. The summed E-state index contributed by atoms with van der Waals surface area (Å²) in [5.74, 6) is -0.0490. The first-order valence-corrected chi connectivity index (χ1v) is 11.2. The number of carboxylic acids is 1. The van der Waals surface area contributed by atoms with Crippen LogP contribution in [0.4, 0.5) is 0 Å². The highest BCUT2D eigenvalue weighted by molar-refractivity contribution is 6.08. The lowest BCUT2D eigenvalue weighted by molar-refractivity contribution is -0.136. The molecular formula is C28H21N3O3. The van der Waals surface area contributed by atoms with Crippen molar-refractivity contribution in [3.63, 3.8) is 0 Å². The molecule has 34 heavy (non-hydrogen) atoms. The molecule has 0 saturated carbocycles. The maximum absolute atomic E-state index is 11.8. The lowest BCUT2D eigenvalue weighted by Crippen LogP contribution is -2.10. The van der Waals surface area contributed by atoms with Crippen LogP contribution in [0.5, 0.6) is 5.75 Å². The van der Waals surface area contributed by atoms with Crippen molar-refractivity contribution in [3.05, 3.63) is 83.8 Å². The zero-order valence-electron chi connectivity index (χ0n) is 18.6. The maximum Gasteiger partial charge on any atom is 0.307 e. The Morgan fingerprint density at radius 3 is 2.74 bits per heavy atom. The molecule has 0 unspecified atom stereocenters. The van der Waals surface area contributed by atoms with Gasteiger partial charge >= 0.3 is 5.97 Å². The Morgan fingerprint density at radius 1 is 1.06 bits per heavy atom. The Hall–Kier alpha value is -4.32. The van der Waals surface area contributed by atoms with Gasteiger partial charge in [-0.25, -0.2) is 4.98 Å². The standard InChI is InChI=1S/C28H21N3O3/c1-16-14-23-19(2-4-22(31-23)17-6-10-29-11-7-17)27(21(16)15-25(32)33)20-3-5-24-26-18(9-13-34-24)8-12-30-28(20)26/h2-8,10-12,14H,9,13,15H2,1H3,(H,32,33). The highest BCUT2D eigenvalue weighted by atomic mass is 16.5. The summed E-state index contributed by atoms with van der Waals surface area (Å²) < 4.78 is 5.91. The highest BCUT2D eigenvalue weighted by Gasteiger charge is 2.22. The quantitative estimate of drug-likeness (QED) is 0.398. The number of carboxylic acid groups (broad SMARTS) is 1. The summed E-state index contributed by atoms with van der Waals surface area (Å²) >= 11 is 0. The molecule has 3 aromatic heterocycles. The Morgan fingerprint density at radius 2 is 1.91 bits per heavy atom. The number of ether oxygens (including phenoxy) is 1. The second-order valence-electron chi connectivity index (χ2n) is 8.52. The van der Waals surface area contributed by atoms with E-state index in [-0.39, 0.29) is 6.42 Å². The van der Waals surface area contributed by atoms with Crippen molar-refractivity contribution < 1.29 is 14.6 Å². The van der Waals surface area contributed by atoms with Crippen LogP contribution in [0.3, 0.4) is 0 Å². The molecule has 0 bridgehead atoms. The van der Waals surface area contributed by atoms with E-state index in [1.54, 1.807) is 12.4 Å². The minimum atomic E-state index is -0.871. The van der Waals surface area contributed by atoms with Crippen LogP contribution in [0, 0.1) is 6.92 Å². The van der Waals surface area contributed by atoms with E-state index < -0.39 is 5.97 Å². The number of carbonyl (C=O) groups is 1. The summed E-state index contributed by atoms with van der Waals surface area (Å²) in [6, 6.07) is 15.8. The number of hydrogen-bond donors (Lipinski definition) is 1. The molecule has 1 aliphatic heterocycles. The first-order valence-electron chi connectivity index (χ1n) is 11.2. The minimum Gasteiger partial charge on any atom is -0.493 e. The van der Waals surface area contributed by atoms with E-state index in [4.69, 9.17) is 14.7 Å². The van der Waals surface area contributed by atoms with Crippen LogP contribution in [0.1, 0.15) is 16.7 Å². The van der Waals surface area contributed by atoms with Crippen LogP contribution in [-0.2, 0) is 17.6 Å². The molecule has 1 N–H and O–H groups in total. The molecule has 0 fully saturated rings. The van der Waals surface area contributed by atoms with Crippen molar-refractivity contribution in [3.8, 4) is 28.1 Å². The van der Waals surface area contributed by atoms with Gasteiger partial charge in [0, 0.05) is 46.9 Å². The van der Waals surface area contributed by atoms with Crippen LogP contribution in [-0.4, -0.2) is 32.6 Å². The topological polar surface area (TPSA) is 85.2 Å². The predicted molar refractivity (Wildman–Crippen MR) is 131 cm³/mol. The lowest BCUT2D eigenvalue weighted by atomic mass is 9.87. The summed E-state index contributed by atoms with van der Waals surface area (Å²) in [6.45, 7) is 2.59. The fourth-order valence-electron chi connectivity index (χ4n) is 4.92. The van der Waals surface area contributed by atoms with E-state index >= 15 is 0 Å². The smallest absolute Gasteiger partial charge is 0.307 e. The Bertz CT molecular complexity index is 1590. The summed E-state index contributed by atoms with van der Waals surface area (Å²) in [7, 11) is 0. The third kappa shape index (κ3) is 3.27. The van der Waals surface area contributed by atoms with Gasteiger partial charge in [-0.2, -0.15) is 0 Å². The molecule has 0 amide bonds. The molecule has 166 valence electrons. The van der Waals surface area contributed by atoms with Crippen molar-refractivity contribution >= 4 is 27.8 Å². The average Bonchev–Trinajstić information content (AvgIpc) is 2.85. The molecule has 4 heterocycles. The molecule has 0 saturated heterocycles. The van der Waals surface area contributed by atoms with Gasteiger partial charge in [-0.1, -0.05) is 6.07 Å². The van der Waals surface area contributed by atoms with Crippen LogP contribution in [0.15, 0.2) is 67.1 Å². The number of pyridine rings is 3. The van der Waals surface area contributed by atoms with Gasteiger partial charge in [0.1, 0.15) is 5.75 Å². The maximum atomic E-state index is 11.8. The molecule has 5 aromatic rings. The molecule has 0 atom stereocenters. The molecule has 1 aliphatic rings. The predicted octanol–water partition coefficient (Wildman–Crippen LogP) is 5.38. The number of benzene rings is 2. The molecule has 0 spiro atoms. The van der Waals surface area contributed by atoms with E-state index in [2.05, 4.69) is 4.98 Å². The number of hydrogen-bond acceptors (Lipinski definition) is 5. The second kappa shape index (κ2) is 7.92. The van der Waals surface area contributed by atoms with Gasteiger partial charge in [-0.3, -0.25) is 14.8 Å². The fourth-order valence-corrected chi connectivity index (χ4v) is 4.92. The fraction of sp³-hybridized carbons (Fsp3) is 0.143. The van der Waals surface area contributed by atoms with Crippen molar-refractivity contribution in [2.75, 3.05) is 6.61 Å². The van der Waals surface area contributed by atoms with Gasteiger partial charge in [0.2, 0.25) is 0 Å². The lowest BCUT2D eigenvalue weighted by Gasteiger charge is -2.21. The first kappa shape index (κ1) is 20.3. The number of rotatable bonds is 4. The molecule has 0 aliphatic carbocycles. The number of fused-ring (bicyclic) bond motifs is 1. The van der Waals surface area contributed by atoms with Gasteiger partial charge in [-0.05, 0) is 71.6 Å². The van der Waals surface area contributed by atoms with Crippen LogP contribution in [0.25, 0.3) is 44.2 Å². The normalized spacial score (nSPS) is 12.6. The molecule has 6 nitrogen and oxygen atoms in total. The van der Waals surface area contributed by atoms with E-state index in [0.717, 1.165) is 67.5 Å². The van der Waals surface area contributed by atoms with Gasteiger partial charge in [0.05, 0.1) is 29.8 Å². The Labute approximate surface area is 195 Å². The molecule has 6 rings (SSSR count). The summed E-state index contributed by atoms with van der Waals surface area (Å²) in [5.41, 5.74) is 8.09.